The lowest BCUT2D eigenvalue weighted by atomic mass is 10.1. The molecular formula is C26H21NO5S. The Labute approximate surface area is 194 Å². The van der Waals surface area contributed by atoms with Crippen molar-refractivity contribution in [2.75, 3.05) is 7.11 Å². The number of aromatic nitrogens is 1. The maximum Gasteiger partial charge on any atom is 0.337 e. The molecule has 4 aromatic rings. The second-order valence-electron chi connectivity index (χ2n) is 7.24. The molecule has 1 heterocycles. The first kappa shape index (κ1) is 22.2. The Bertz CT molecular complexity index is 1290. The van der Waals surface area contributed by atoms with E-state index in [4.69, 9.17) is 9.47 Å². The fourth-order valence-electron chi connectivity index (χ4n) is 3.30. The molecule has 1 N–H and O–H groups in total. The molecule has 4 rings (SSSR count). The molecule has 0 saturated carbocycles. The van der Waals surface area contributed by atoms with Crippen LogP contribution in [0.15, 0.2) is 72.8 Å². The minimum atomic E-state index is -0.926. The molecule has 0 bridgehead atoms. The molecule has 0 fully saturated rings. The van der Waals surface area contributed by atoms with Crippen LogP contribution in [0.5, 0.6) is 5.75 Å². The first-order chi connectivity index (χ1) is 16.0. The highest BCUT2D eigenvalue weighted by molar-refractivity contribution is 7.19. The molecule has 0 saturated heterocycles. The third-order valence-corrected chi connectivity index (χ3v) is 6.04. The predicted molar refractivity (Wildman–Crippen MR) is 128 cm³/mol. The van der Waals surface area contributed by atoms with Crippen molar-refractivity contribution in [3.05, 3.63) is 94.5 Å². The number of hydrogen-bond donors (Lipinski definition) is 1. The van der Waals surface area contributed by atoms with Crippen molar-refractivity contribution in [3.8, 4) is 5.75 Å². The zero-order valence-electron chi connectivity index (χ0n) is 17.9. The Morgan fingerprint density at radius 2 is 1.73 bits per heavy atom. The van der Waals surface area contributed by atoms with E-state index in [1.54, 1.807) is 12.1 Å². The zero-order chi connectivity index (χ0) is 23.2. The van der Waals surface area contributed by atoms with Crippen LogP contribution in [-0.2, 0) is 16.1 Å². The van der Waals surface area contributed by atoms with Gasteiger partial charge in [-0.2, -0.15) is 0 Å². The van der Waals surface area contributed by atoms with E-state index in [1.807, 2.05) is 66.7 Å². The summed E-state index contributed by atoms with van der Waals surface area (Å²) in [5.41, 5.74) is 3.58. The van der Waals surface area contributed by atoms with Gasteiger partial charge in [-0.25, -0.2) is 9.78 Å². The van der Waals surface area contributed by atoms with Crippen LogP contribution >= 0.6 is 11.3 Å². The Morgan fingerprint density at radius 3 is 2.45 bits per heavy atom. The zero-order valence-corrected chi connectivity index (χ0v) is 18.7. The van der Waals surface area contributed by atoms with E-state index in [1.165, 1.54) is 18.4 Å². The number of carboxylic acids is 1. The molecule has 0 unspecified atom stereocenters. The smallest absolute Gasteiger partial charge is 0.337 e. The number of methoxy groups -OCH3 is 1. The SMILES string of the molecule is COC(=O)c1ccc(COc2ccccc2C=C(CC(=O)O)c2nc3ccccc3s2)cc1. The third kappa shape index (κ3) is 5.45. The number of esters is 1. The number of nitrogens with zero attached hydrogens (tertiary/aromatic N) is 1. The molecule has 1 aromatic heterocycles. The molecule has 0 atom stereocenters. The topological polar surface area (TPSA) is 85.7 Å². The molecule has 7 heteroatoms. The van der Waals surface area contributed by atoms with E-state index in [9.17, 15) is 14.7 Å². The lowest BCUT2D eigenvalue weighted by molar-refractivity contribution is -0.135. The summed E-state index contributed by atoms with van der Waals surface area (Å²) in [7, 11) is 1.34. The van der Waals surface area contributed by atoms with Crippen molar-refractivity contribution in [1.29, 1.82) is 0 Å². The van der Waals surface area contributed by atoms with Crippen LogP contribution in [0.2, 0.25) is 0 Å². The standard InChI is InChI=1S/C26H21NO5S/c1-31-26(30)18-12-10-17(11-13-18)16-32-22-8-4-2-6-19(22)14-20(15-24(28)29)25-27-21-7-3-5-9-23(21)33-25/h2-14H,15-16H2,1H3,(H,28,29). The van der Waals surface area contributed by atoms with E-state index >= 15 is 0 Å². The summed E-state index contributed by atoms with van der Waals surface area (Å²) in [5, 5.41) is 10.1. The van der Waals surface area contributed by atoms with E-state index in [0.717, 1.165) is 21.3 Å². The number of fused-ring (bicyclic) bond motifs is 1. The summed E-state index contributed by atoms with van der Waals surface area (Å²) in [6, 6.07) is 22.2. The van der Waals surface area contributed by atoms with Gasteiger partial charge < -0.3 is 14.6 Å². The van der Waals surface area contributed by atoms with Crippen LogP contribution in [0.1, 0.15) is 32.9 Å². The number of carboxylic acid groups (broad SMARTS) is 1. The molecule has 0 aliphatic heterocycles. The monoisotopic (exact) mass is 459 g/mol. The fraction of sp³-hybridized carbons (Fsp3) is 0.115. The van der Waals surface area contributed by atoms with Crippen LogP contribution < -0.4 is 4.74 Å². The van der Waals surface area contributed by atoms with Crippen LogP contribution in [0.4, 0.5) is 0 Å². The van der Waals surface area contributed by atoms with Crippen molar-refractivity contribution in [3.63, 3.8) is 0 Å². The van der Waals surface area contributed by atoms with Crippen molar-refractivity contribution in [1.82, 2.24) is 4.98 Å². The average molecular weight is 460 g/mol. The van der Waals surface area contributed by atoms with Gasteiger partial charge in [0.15, 0.2) is 0 Å². The van der Waals surface area contributed by atoms with Gasteiger partial charge in [0.1, 0.15) is 17.4 Å². The van der Waals surface area contributed by atoms with Gasteiger partial charge in [0, 0.05) is 5.56 Å². The number of ether oxygens (including phenoxy) is 2. The Kier molecular flexibility index (Phi) is 6.80. The Balaban J connectivity index is 1.60. The fourth-order valence-corrected chi connectivity index (χ4v) is 4.28. The maximum absolute atomic E-state index is 11.6. The largest absolute Gasteiger partial charge is 0.488 e. The van der Waals surface area contributed by atoms with Crippen molar-refractivity contribution in [2.45, 2.75) is 13.0 Å². The predicted octanol–water partition coefficient (Wildman–Crippen LogP) is 5.68. The minimum absolute atomic E-state index is 0.150. The molecule has 0 aliphatic carbocycles. The van der Waals surface area contributed by atoms with Crippen LogP contribution in [0, 0.1) is 0 Å². The summed E-state index contributed by atoms with van der Waals surface area (Å²) in [4.78, 5) is 27.8. The van der Waals surface area contributed by atoms with Gasteiger partial charge in [0.25, 0.3) is 0 Å². The molecule has 0 aliphatic rings. The molecule has 6 nitrogen and oxygen atoms in total. The van der Waals surface area contributed by atoms with Gasteiger partial charge in [0.2, 0.25) is 0 Å². The minimum Gasteiger partial charge on any atom is -0.488 e. The summed E-state index contributed by atoms with van der Waals surface area (Å²) in [6.07, 6.45) is 1.67. The molecule has 3 aromatic carbocycles. The number of carbonyl (C=O) groups is 2. The van der Waals surface area contributed by atoms with Crippen molar-refractivity contribution < 1.29 is 24.2 Å². The molecule has 0 radical (unpaired) electrons. The van der Waals surface area contributed by atoms with Gasteiger partial charge in [-0.05, 0) is 47.5 Å². The van der Waals surface area contributed by atoms with Gasteiger partial charge in [-0.1, -0.05) is 42.5 Å². The molecular weight excluding hydrogens is 438 g/mol. The number of rotatable bonds is 8. The summed E-state index contributed by atoms with van der Waals surface area (Å²) in [6.45, 7) is 0.293. The number of aliphatic carboxylic acids is 1. The van der Waals surface area contributed by atoms with Crippen LogP contribution in [-0.4, -0.2) is 29.1 Å². The van der Waals surface area contributed by atoms with Crippen LogP contribution in [0.25, 0.3) is 21.9 Å². The van der Waals surface area contributed by atoms with Gasteiger partial charge in [-0.15, -0.1) is 11.3 Å². The molecule has 0 spiro atoms. The lowest BCUT2D eigenvalue weighted by Crippen LogP contribution is -2.02. The quantitative estimate of drug-likeness (QED) is 0.341. The number of para-hydroxylation sites is 2. The summed E-state index contributed by atoms with van der Waals surface area (Å²) < 4.78 is 11.7. The van der Waals surface area contributed by atoms with Crippen LogP contribution in [0.3, 0.4) is 0 Å². The van der Waals surface area contributed by atoms with E-state index < -0.39 is 11.9 Å². The molecule has 0 amide bonds. The number of thiazole rings is 1. The van der Waals surface area contributed by atoms with Gasteiger partial charge in [0.05, 0.1) is 29.3 Å². The highest BCUT2D eigenvalue weighted by Gasteiger charge is 2.14. The van der Waals surface area contributed by atoms with Crippen molar-refractivity contribution in [2.24, 2.45) is 0 Å². The summed E-state index contributed by atoms with van der Waals surface area (Å²) in [5.74, 6) is -0.693. The van der Waals surface area contributed by atoms with Gasteiger partial charge in [-0.3, -0.25) is 4.79 Å². The highest BCUT2D eigenvalue weighted by atomic mass is 32.1. The maximum atomic E-state index is 11.6. The van der Waals surface area contributed by atoms with Gasteiger partial charge >= 0.3 is 11.9 Å². The molecule has 33 heavy (non-hydrogen) atoms. The number of carbonyl (C=O) groups excluding carboxylic acids is 1. The first-order valence-electron chi connectivity index (χ1n) is 10.2. The third-order valence-electron chi connectivity index (χ3n) is 4.93. The van der Waals surface area contributed by atoms with Crippen molar-refractivity contribution >= 4 is 45.1 Å². The lowest BCUT2D eigenvalue weighted by Gasteiger charge is -2.11. The summed E-state index contributed by atoms with van der Waals surface area (Å²) >= 11 is 1.47. The van der Waals surface area contributed by atoms with E-state index in [-0.39, 0.29) is 6.42 Å². The van der Waals surface area contributed by atoms with E-state index in [0.29, 0.717) is 28.5 Å². The second-order valence-corrected chi connectivity index (χ2v) is 8.27. The molecule has 166 valence electrons. The average Bonchev–Trinajstić information content (AvgIpc) is 3.27. The van der Waals surface area contributed by atoms with E-state index in [2.05, 4.69) is 4.98 Å². The number of benzene rings is 3. The number of hydrogen-bond acceptors (Lipinski definition) is 6. The highest BCUT2D eigenvalue weighted by Crippen LogP contribution is 2.32. The normalized spacial score (nSPS) is 11.4. The Hall–Kier alpha value is -3.97. The second kappa shape index (κ2) is 10.1. The Morgan fingerprint density at radius 1 is 1.00 bits per heavy atom. The first-order valence-corrected chi connectivity index (χ1v) is 11.0.